The molecule has 0 radical (unpaired) electrons. The number of methoxy groups -OCH3 is 1. The Morgan fingerprint density at radius 2 is 1.42 bits per heavy atom. The summed E-state index contributed by atoms with van der Waals surface area (Å²) in [5.74, 6) is -4.42. The van der Waals surface area contributed by atoms with Crippen LogP contribution in [-0.2, 0) is 4.74 Å². The van der Waals surface area contributed by atoms with E-state index >= 15 is 0 Å². The van der Waals surface area contributed by atoms with Crippen molar-refractivity contribution in [3.05, 3.63) is 35.4 Å². The lowest BCUT2D eigenvalue weighted by Gasteiger charge is -2.23. The highest BCUT2D eigenvalue weighted by molar-refractivity contribution is 5.89. The molecule has 0 spiro atoms. The zero-order chi connectivity index (χ0) is 14.8. The van der Waals surface area contributed by atoms with E-state index in [9.17, 15) is 31.1 Å². The first-order chi connectivity index (χ1) is 8.57. The highest BCUT2D eigenvalue weighted by Gasteiger charge is 2.57. The molecule has 0 unspecified atom stereocenters. The van der Waals surface area contributed by atoms with Crippen LogP contribution >= 0.6 is 0 Å². The second kappa shape index (κ2) is 5.10. The lowest BCUT2D eigenvalue weighted by atomic mass is 9.97. The molecule has 0 aliphatic carbocycles. The summed E-state index contributed by atoms with van der Waals surface area (Å²) in [6.45, 7) is 0. The molecular formula is C11H8F6O2. The number of halogens is 6. The predicted molar refractivity (Wildman–Crippen MR) is 52.6 cm³/mol. The SMILES string of the molecule is COC(=O)c1ccc(C(C(F)(F)F)C(F)(F)F)cc1. The van der Waals surface area contributed by atoms with Crippen LogP contribution in [0.1, 0.15) is 21.8 Å². The van der Waals surface area contributed by atoms with Gasteiger partial charge in [0.2, 0.25) is 0 Å². The Bertz CT molecular complexity index is 432. The van der Waals surface area contributed by atoms with Crippen molar-refractivity contribution < 1.29 is 35.9 Å². The first-order valence-electron chi connectivity index (χ1n) is 4.89. The van der Waals surface area contributed by atoms with Crippen LogP contribution in [0.4, 0.5) is 26.3 Å². The maximum Gasteiger partial charge on any atom is 0.404 e. The number of hydrogen-bond donors (Lipinski definition) is 0. The minimum absolute atomic E-state index is 0.130. The molecule has 0 N–H and O–H groups in total. The van der Waals surface area contributed by atoms with Crippen molar-refractivity contribution >= 4 is 5.97 Å². The first kappa shape index (κ1) is 15.3. The van der Waals surface area contributed by atoms with Gasteiger partial charge in [0.25, 0.3) is 0 Å². The summed E-state index contributed by atoms with van der Waals surface area (Å²) in [6, 6.07) is 2.92. The molecule has 1 aromatic rings. The Hall–Kier alpha value is -1.73. The summed E-state index contributed by atoms with van der Waals surface area (Å²) in [5.41, 5.74) is -1.11. The van der Waals surface area contributed by atoms with Gasteiger partial charge < -0.3 is 4.74 Å². The van der Waals surface area contributed by atoms with Gasteiger partial charge in [-0.05, 0) is 17.7 Å². The monoisotopic (exact) mass is 286 g/mol. The fourth-order valence-corrected chi connectivity index (χ4v) is 1.49. The Labute approximate surface area is 104 Å². The maximum absolute atomic E-state index is 12.4. The van der Waals surface area contributed by atoms with E-state index < -0.39 is 29.8 Å². The molecule has 106 valence electrons. The van der Waals surface area contributed by atoms with Gasteiger partial charge in [-0.25, -0.2) is 4.79 Å². The van der Waals surface area contributed by atoms with E-state index in [1.807, 2.05) is 0 Å². The number of carbonyl (C=O) groups is 1. The highest BCUT2D eigenvalue weighted by Crippen LogP contribution is 2.46. The van der Waals surface area contributed by atoms with Gasteiger partial charge in [-0.1, -0.05) is 12.1 Å². The number of benzene rings is 1. The number of esters is 1. The Balaban J connectivity index is 3.16. The molecule has 0 fully saturated rings. The van der Waals surface area contributed by atoms with Crippen LogP contribution in [0.3, 0.4) is 0 Å². The lowest BCUT2D eigenvalue weighted by molar-refractivity contribution is -0.253. The van der Waals surface area contributed by atoms with Crippen molar-refractivity contribution in [3.8, 4) is 0 Å². The third kappa shape index (κ3) is 3.62. The van der Waals surface area contributed by atoms with E-state index in [2.05, 4.69) is 4.74 Å². The zero-order valence-corrected chi connectivity index (χ0v) is 9.47. The van der Waals surface area contributed by atoms with E-state index in [-0.39, 0.29) is 5.56 Å². The number of carbonyl (C=O) groups excluding carboxylic acids is 1. The summed E-state index contributed by atoms with van der Waals surface area (Å²) in [7, 11) is 1.05. The predicted octanol–water partition coefficient (Wildman–Crippen LogP) is 3.68. The molecule has 0 saturated heterocycles. The van der Waals surface area contributed by atoms with E-state index in [1.54, 1.807) is 0 Å². The van der Waals surface area contributed by atoms with E-state index in [4.69, 9.17) is 0 Å². The minimum atomic E-state index is -5.45. The quantitative estimate of drug-likeness (QED) is 0.612. The molecule has 0 saturated carbocycles. The highest BCUT2D eigenvalue weighted by atomic mass is 19.4. The number of alkyl halides is 6. The summed E-state index contributed by atoms with van der Waals surface area (Å²) >= 11 is 0. The largest absolute Gasteiger partial charge is 0.465 e. The normalized spacial score (nSPS) is 12.6. The smallest absolute Gasteiger partial charge is 0.404 e. The third-order valence-electron chi connectivity index (χ3n) is 2.32. The van der Waals surface area contributed by atoms with Gasteiger partial charge in [0.05, 0.1) is 12.7 Å². The molecular weight excluding hydrogens is 278 g/mol. The first-order valence-corrected chi connectivity index (χ1v) is 4.89. The van der Waals surface area contributed by atoms with Crippen LogP contribution < -0.4 is 0 Å². The molecule has 2 nitrogen and oxygen atoms in total. The lowest BCUT2D eigenvalue weighted by Crippen LogP contribution is -2.34. The van der Waals surface area contributed by atoms with E-state index in [1.165, 1.54) is 0 Å². The number of rotatable bonds is 2. The van der Waals surface area contributed by atoms with Crippen molar-refractivity contribution in [1.82, 2.24) is 0 Å². The summed E-state index contributed by atoms with van der Waals surface area (Å²) < 4.78 is 78.8. The summed E-state index contributed by atoms with van der Waals surface area (Å²) in [4.78, 5) is 11.0. The van der Waals surface area contributed by atoms with Gasteiger partial charge in [0, 0.05) is 0 Å². The van der Waals surface area contributed by atoms with Crippen LogP contribution in [0.5, 0.6) is 0 Å². The van der Waals surface area contributed by atoms with Crippen LogP contribution in [0, 0.1) is 0 Å². The zero-order valence-electron chi connectivity index (χ0n) is 9.47. The average molecular weight is 286 g/mol. The number of ether oxygens (including phenoxy) is 1. The minimum Gasteiger partial charge on any atom is -0.465 e. The third-order valence-corrected chi connectivity index (χ3v) is 2.32. The Morgan fingerprint density at radius 1 is 1.00 bits per heavy atom. The molecule has 0 amide bonds. The average Bonchev–Trinajstić information content (AvgIpc) is 2.25. The van der Waals surface area contributed by atoms with Gasteiger partial charge in [-0.15, -0.1) is 0 Å². The van der Waals surface area contributed by atoms with E-state index in [0.717, 1.165) is 19.2 Å². The maximum atomic E-state index is 12.4. The Kier molecular flexibility index (Phi) is 4.12. The van der Waals surface area contributed by atoms with Crippen LogP contribution in [0.2, 0.25) is 0 Å². The van der Waals surface area contributed by atoms with Crippen LogP contribution in [0.25, 0.3) is 0 Å². The fourth-order valence-electron chi connectivity index (χ4n) is 1.49. The van der Waals surface area contributed by atoms with Crippen molar-refractivity contribution in [2.45, 2.75) is 18.3 Å². The van der Waals surface area contributed by atoms with Crippen LogP contribution in [0.15, 0.2) is 24.3 Å². The van der Waals surface area contributed by atoms with Crippen molar-refractivity contribution in [3.63, 3.8) is 0 Å². The van der Waals surface area contributed by atoms with Crippen molar-refractivity contribution in [1.29, 1.82) is 0 Å². The Morgan fingerprint density at radius 3 is 1.74 bits per heavy atom. The summed E-state index contributed by atoms with van der Waals surface area (Å²) in [5, 5.41) is 0. The second-order valence-electron chi connectivity index (χ2n) is 3.63. The van der Waals surface area contributed by atoms with Gasteiger partial charge in [-0.3, -0.25) is 0 Å². The van der Waals surface area contributed by atoms with Crippen LogP contribution in [-0.4, -0.2) is 25.4 Å². The molecule has 0 aliphatic heterocycles. The van der Waals surface area contributed by atoms with E-state index in [0.29, 0.717) is 12.1 Å². The van der Waals surface area contributed by atoms with Gasteiger partial charge in [0.1, 0.15) is 0 Å². The molecule has 19 heavy (non-hydrogen) atoms. The molecule has 0 heterocycles. The second-order valence-corrected chi connectivity index (χ2v) is 3.63. The summed E-state index contributed by atoms with van der Waals surface area (Å²) in [6.07, 6.45) is -10.9. The molecule has 8 heteroatoms. The molecule has 0 aromatic heterocycles. The van der Waals surface area contributed by atoms with Gasteiger partial charge in [0.15, 0.2) is 5.92 Å². The van der Waals surface area contributed by atoms with Gasteiger partial charge in [-0.2, -0.15) is 26.3 Å². The molecule has 1 rings (SSSR count). The fraction of sp³-hybridized carbons (Fsp3) is 0.364. The van der Waals surface area contributed by atoms with Gasteiger partial charge >= 0.3 is 18.3 Å². The molecule has 0 atom stereocenters. The van der Waals surface area contributed by atoms with Crippen molar-refractivity contribution in [2.24, 2.45) is 0 Å². The number of hydrogen-bond acceptors (Lipinski definition) is 2. The van der Waals surface area contributed by atoms with Crippen molar-refractivity contribution in [2.75, 3.05) is 7.11 Å². The molecule has 0 bridgehead atoms. The standard InChI is InChI=1S/C11H8F6O2/c1-19-9(18)7-4-2-6(3-5-7)8(10(12,13)14)11(15,16)17/h2-5,8H,1H3. The molecule has 0 aliphatic rings. The topological polar surface area (TPSA) is 26.3 Å². The molecule has 1 aromatic carbocycles.